The number of aliphatic imine (C=N–C) groups is 1. The first-order chi connectivity index (χ1) is 10.7. The summed E-state index contributed by atoms with van der Waals surface area (Å²) in [5.74, 6) is 1.30. The Morgan fingerprint density at radius 2 is 2.14 bits per heavy atom. The summed E-state index contributed by atoms with van der Waals surface area (Å²) in [4.78, 5) is 21.1. The SMILES string of the molecule is Cc1ccc(/C=C2\SC(N3CCN(CCO)CC3)=NC2=O)o1. The van der Waals surface area contributed by atoms with Crippen LogP contribution in [-0.4, -0.2) is 65.3 Å². The van der Waals surface area contributed by atoms with E-state index < -0.39 is 0 Å². The number of nitrogens with zero attached hydrogens (tertiary/aromatic N) is 3. The monoisotopic (exact) mass is 321 g/mol. The Kier molecular flexibility index (Phi) is 4.66. The number of thioether (sulfide) groups is 1. The van der Waals surface area contributed by atoms with Gasteiger partial charge in [0.2, 0.25) is 0 Å². The smallest absolute Gasteiger partial charge is 0.286 e. The van der Waals surface area contributed by atoms with Crippen LogP contribution in [0.15, 0.2) is 26.4 Å². The summed E-state index contributed by atoms with van der Waals surface area (Å²) >= 11 is 1.40. The molecule has 0 aliphatic carbocycles. The van der Waals surface area contributed by atoms with Gasteiger partial charge in [0.25, 0.3) is 5.91 Å². The summed E-state index contributed by atoms with van der Waals surface area (Å²) in [6, 6.07) is 3.72. The molecular weight excluding hydrogens is 302 g/mol. The quantitative estimate of drug-likeness (QED) is 0.843. The molecule has 2 aliphatic rings. The van der Waals surface area contributed by atoms with Crippen molar-refractivity contribution in [2.75, 3.05) is 39.3 Å². The van der Waals surface area contributed by atoms with E-state index >= 15 is 0 Å². The van der Waals surface area contributed by atoms with Gasteiger partial charge in [0.1, 0.15) is 11.5 Å². The maximum absolute atomic E-state index is 12.0. The summed E-state index contributed by atoms with van der Waals surface area (Å²) in [6.45, 7) is 6.17. The number of hydrogen-bond acceptors (Lipinski definition) is 6. The average molecular weight is 321 g/mol. The zero-order valence-corrected chi connectivity index (χ0v) is 13.3. The van der Waals surface area contributed by atoms with Gasteiger partial charge >= 0.3 is 0 Å². The second-order valence-electron chi connectivity index (χ2n) is 5.31. The molecule has 0 saturated carbocycles. The van der Waals surface area contributed by atoms with E-state index in [1.807, 2.05) is 19.1 Å². The minimum Gasteiger partial charge on any atom is -0.462 e. The molecule has 1 aromatic heterocycles. The fourth-order valence-corrected chi connectivity index (χ4v) is 3.44. The fourth-order valence-electron chi connectivity index (χ4n) is 2.50. The normalized spacial score (nSPS) is 21.7. The van der Waals surface area contributed by atoms with Gasteiger partial charge in [0, 0.05) is 38.8 Å². The maximum atomic E-state index is 12.0. The number of rotatable bonds is 3. The van der Waals surface area contributed by atoms with Crippen LogP contribution in [0.5, 0.6) is 0 Å². The maximum Gasteiger partial charge on any atom is 0.286 e. The first-order valence-corrected chi connectivity index (χ1v) is 8.14. The van der Waals surface area contributed by atoms with E-state index in [1.54, 1.807) is 6.08 Å². The topological polar surface area (TPSA) is 69.3 Å². The van der Waals surface area contributed by atoms with Gasteiger partial charge < -0.3 is 14.4 Å². The van der Waals surface area contributed by atoms with Crippen molar-refractivity contribution >= 4 is 28.9 Å². The van der Waals surface area contributed by atoms with Crippen molar-refractivity contribution < 1.29 is 14.3 Å². The van der Waals surface area contributed by atoms with E-state index in [2.05, 4.69) is 14.8 Å². The largest absolute Gasteiger partial charge is 0.462 e. The van der Waals surface area contributed by atoms with Gasteiger partial charge in [-0.1, -0.05) is 0 Å². The van der Waals surface area contributed by atoms with Crippen molar-refractivity contribution in [3.05, 3.63) is 28.6 Å². The number of carbonyl (C=O) groups is 1. The zero-order valence-electron chi connectivity index (χ0n) is 12.5. The molecule has 0 unspecified atom stereocenters. The Morgan fingerprint density at radius 3 is 2.77 bits per heavy atom. The van der Waals surface area contributed by atoms with Gasteiger partial charge in [-0.15, -0.1) is 0 Å². The van der Waals surface area contributed by atoms with Gasteiger partial charge in [-0.05, 0) is 30.8 Å². The van der Waals surface area contributed by atoms with E-state index in [0.29, 0.717) is 17.2 Å². The molecule has 0 bridgehead atoms. The van der Waals surface area contributed by atoms with E-state index in [-0.39, 0.29) is 12.5 Å². The second-order valence-corrected chi connectivity index (χ2v) is 6.32. The molecule has 1 amide bonds. The highest BCUT2D eigenvalue weighted by atomic mass is 32.2. The molecule has 7 heteroatoms. The first-order valence-electron chi connectivity index (χ1n) is 7.33. The van der Waals surface area contributed by atoms with Crippen molar-refractivity contribution in [3.8, 4) is 0 Å². The van der Waals surface area contributed by atoms with E-state index in [1.165, 1.54) is 11.8 Å². The van der Waals surface area contributed by atoms with Gasteiger partial charge in [0.15, 0.2) is 5.17 Å². The lowest BCUT2D eigenvalue weighted by atomic mass is 10.3. The van der Waals surface area contributed by atoms with Crippen LogP contribution in [0.25, 0.3) is 6.08 Å². The standard InChI is InChI=1S/C15H19N3O3S/c1-11-2-3-12(21-11)10-13-14(20)16-15(22-13)18-6-4-17(5-7-18)8-9-19/h2-3,10,19H,4-9H2,1H3/b13-10-. The number of aliphatic hydroxyl groups is 1. The number of aliphatic hydroxyl groups excluding tert-OH is 1. The molecule has 0 spiro atoms. The Hall–Kier alpha value is -1.57. The molecule has 3 rings (SSSR count). The summed E-state index contributed by atoms with van der Waals surface area (Å²) in [5.41, 5.74) is 0. The molecule has 3 heterocycles. The fraction of sp³-hybridized carbons (Fsp3) is 0.467. The highest BCUT2D eigenvalue weighted by molar-refractivity contribution is 8.18. The lowest BCUT2D eigenvalue weighted by Crippen LogP contribution is -2.48. The van der Waals surface area contributed by atoms with Gasteiger partial charge in [-0.25, -0.2) is 0 Å². The molecule has 0 aromatic carbocycles. The molecular formula is C15H19N3O3S. The van der Waals surface area contributed by atoms with Crippen molar-refractivity contribution in [3.63, 3.8) is 0 Å². The lowest BCUT2D eigenvalue weighted by Gasteiger charge is -2.34. The number of aryl methyl sites for hydroxylation is 1. The van der Waals surface area contributed by atoms with Crippen LogP contribution in [0.4, 0.5) is 0 Å². The van der Waals surface area contributed by atoms with E-state index in [9.17, 15) is 4.79 Å². The first kappa shape index (κ1) is 15.3. The van der Waals surface area contributed by atoms with Gasteiger partial charge in [0.05, 0.1) is 11.5 Å². The molecule has 118 valence electrons. The zero-order chi connectivity index (χ0) is 15.5. The minimum atomic E-state index is -0.202. The molecule has 0 atom stereocenters. The molecule has 1 saturated heterocycles. The van der Waals surface area contributed by atoms with Crippen LogP contribution in [0.1, 0.15) is 11.5 Å². The second kappa shape index (κ2) is 6.68. The van der Waals surface area contributed by atoms with Crippen LogP contribution >= 0.6 is 11.8 Å². The number of amides is 1. The average Bonchev–Trinajstić information content (AvgIpc) is 3.07. The molecule has 1 fully saturated rings. The van der Waals surface area contributed by atoms with E-state index in [0.717, 1.165) is 37.1 Å². The number of carbonyl (C=O) groups excluding carboxylic acids is 1. The highest BCUT2D eigenvalue weighted by Crippen LogP contribution is 2.30. The molecule has 2 aliphatic heterocycles. The summed E-state index contributed by atoms with van der Waals surface area (Å²) in [5, 5.41) is 9.73. The minimum absolute atomic E-state index is 0.184. The Morgan fingerprint density at radius 1 is 1.36 bits per heavy atom. The molecule has 1 aromatic rings. The predicted octanol–water partition coefficient (Wildman–Crippen LogP) is 1.17. The third-order valence-corrected chi connectivity index (χ3v) is 4.75. The van der Waals surface area contributed by atoms with Crippen LogP contribution in [-0.2, 0) is 4.79 Å². The lowest BCUT2D eigenvalue weighted by molar-refractivity contribution is -0.113. The summed E-state index contributed by atoms with van der Waals surface area (Å²) < 4.78 is 5.48. The molecule has 1 N–H and O–H groups in total. The number of piperazine rings is 1. The van der Waals surface area contributed by atoms with Gasteiger partial charge in [-0.3, -0.25) is 9.69 Å². The van der Waals surface area contributed by atoms with Crippen LogP contribution in [0, 0.1) is 6.92 Å². The summed E-state index contributed by atoms with van der Waals surface area (Å²) in [6.07, 6.45) is 1.75. The Labute approximate surface area is 133 Å². The molecule has 6 nitrogen and oxygen atoms in total. The Bertz CT molecular complexity index is 615. The number of amidine groups is 1. The van der Waals surface area contributed by atoms with Crippen LogP contribution < -0.4 is 0 Å². The van der Waals surface area contributed by atoms with Crippen molar-refractivity contribution in [2.24, 2.45) is 4.99 Å². The van der Waals surface area contributed by atoms with Crippen LogP contribution in [0.2, 0.25) is 0 Å². The molecule has 0 radical (unpaired) electrons. The third kappa shape index (κ3) is 3.43. The third-order valence-electron chi connectivity index (χ3n) is 3.70. The van der Waals surface area contributed by atoms with Crippen LogP contribution in [0.3, 0.4) is 0 Å². The van der Waals surface area contributed by atoms with Crippen molar-refractivity contribution in [1.29, 1.82) is 0 Å². The summed E-state index contributed by atoms with van der Waals surface area (Å²) in [7, 11) is 0. The van der Waals surface area contributed by atoms with Crippen molar-refractivity contribution in [1.82, 2.24) is 9.80 Å². The van der Waals surface area contributed by atoms with Crippen molar-refractivity contribution in [2.45, 2.75) is 6.92 Å². The number of β-amino-alcohol motifs (C(OH)–C–C–N with tert-alkyl or cyclic N) is 1. The Balaban J connectivity index is 1.62. The molecule has 22 heavy (non-hydrogen) atoms. The number of hydrogen-bond donors (Lipinski definition) is 1. The van der Waals surface area contributed by atoms with E-state index in [4.69, 9.17) is 9.52 Å². The number of furan rings is 1. The predicted molar refractivity (Wildman–Crippen MR) is 86.6 cm³/mol. The van der Waals surface area contributed by atoms with Gasteiger partial charge in [-0.2, -0.15) is 4.99 Å². The highest BCUT2D eigenvalue weighted by Gasteiger charge is 2.28.